The molecule has 0 aliphatic carbocycles. The van der Waals surface area contributed by atoms with Crippen molar-refractivity contribution < 1.29 is 14.6 Å². The first-order valence-electron chi connectivity index (χ1n) is 5.09. The second-order valence-electron chi connectivity index (χ2n) is 3.25. The van der Waals surface area contributed by atoms with E-state index in [0.717, 1.165) is 0 Å². The molecule has 0 aliphatic rings. The summed E-state index contributed by atoms with van der Waals surface area (Å²) >= 11 is 0. The average Bonchev–Trinajstić information content (AvgIpc) is 2.28. The Kier molecular flexibility index (Phi) is 5.15. The van der Waals surface area contributed by atoms with E-state index in [1.807, 2.05) is 0 Å². The van der Waals surface area contributed by atoms with Gasteiger partial charge in [-0.25, -0.2) is 0 Å². The maximum Gasteiger partial charge on any atom is 0.257 e. The molecular weight excluding hydrogens is 208 g/mol. The first-order chi connectivity index (χ1) is 7.74. The highest BCUT2D eigenvalue weighted by Crippen LogP contribution is 2.19. The Morgan fingerprint density at radius 3 is 2.88 bits per heavy atom. The van der Waals surface area contributed by atoms with E-state index in [2.05, 4.69) is 5.32 Å². The summed E-state index contributed by atoms with van der Waals surface area (Å²) in [7, 11) is 0. The minimum absolute atomic E-state index is 0.0623. The van der Waals surface area contributed by atoms with Gasteiger partial charge in [-0.05, 0) is 18.6 Å². The van der Waals surface area contributed by atoms with Crippen LogP contribution in [0, 0.1) is 0 Å². The van der Waals surface area contributed by atoms with Crippen LogP contribution >= 0.6 is 0 Å². The van der Waals surface area contributed by atoms with Crippen LogP contribution in [-0.2, 0) is 4.79 Å². The van der Waals surface area contributed by atoms with Crippen LogP contribution in [0.4, 0.5) is 5.69 Å². The fourth-order valence-corrected chi connectivity index (χ4v) is 1.11. The highest BCUT2D eigenvalue weighted by Gasteiger charge is 2.03. The zero-order chi connectivity index (χ0) is 11.8. The van der Waals surface area contributed by atoms with E-state index < -0.39 is 0 Å². The first kappa shape index (κ1) is 12.3. The number of aliphatic hydroxyl groups excluding tert-OH is 1. The number of rotatable bonds is 6. The van der Waals surface area contributed by atoms with Crippen LogP contribution in [0.3, 0.4) is 0 Å². The highest BCUT2D eigenvalue weighted by molar-refractivity contribution is 5.77. The standard InChI is InChI=1S/C11H16N2O3/c12-9-4-1-2-5-10(9)16-8-11(15)13-6-3-7-14/h1-2,4-5,14H,3,6-8,12H2,(H,13,15). The van der Waals surface area contributed by atoms with E-state index >= 15 is 0 Å². The lowest BCUT2D eigenvalue weighted by Crippen LogP contribution is -2.30. The number of carbonyl (C=O) groups is 1. The molecule has 4 N–H and O–H groups in total. The minimum atomic E-state index is -0.225. The summed E-state index contributed by atoms with van der Waals surface area (Å²) < 4.78 is 5.23. The fraction of sp³-hybridized carbons (Fsp3) is 0.364. The lowest BCUT2D eigenvalue weighted by molar-refractivity contribution is -0.123. The SMILES string of the molecule is Nc1ccccc1OCC(=O)NCCCO. The zero-order valence-corrected chi connectivity index (χ0v) is 8.98. The number of hydrogen-bond acceptors (Lipinski definition) is 4. The molecule has 0 saturated heterocycles. The molecule has 0 aliphatic heterocycles. The second-order valence-corrected chi connectivity index (χ2v) is 3.25. The van der Waals surface area contributed by atoms with Crippen molar-refractivity contribution in [2.45, 2.75) is 6.42 Å². The number of nitrogens with two attached hydrogens (primary N) is 1. The number of nitrogen functional groups attached to an aromatic ring is 1. The molecule has 88 valence electrons. The molecule has 5 heteroatoms. The maximum atomic E-state index is 11.2. The Balaban J connectivity index is 2.29. The largest absolute Gasteiger partial charge is 0.482 e. The summed E-state index contributed by atoms with van der Waals surface area (Å²) in [6.45, 7) is 0.440. The Labute approximate surface area is 94.2 Å². The number of para-hydroxylation sites is 2. The molecule has 0 spiro atoms. The predicted molar refractivity (Wildman–Crippen MR) is 61.1 cm³/mol. The quantitative estimate of drug-likeness (QED) is 0.474. The Morgan fingerprint density at radius 2 is 2.19 bits per heavy atom. The molecule has 0 saturated carbocycles. The summed E-state index contributed by atoms with van der Waals surface area (Å²) in [5, 5.41) is 11.1. The molecule has 0 heterocycles. The van der Waals surface area contributed by atoms with Crippen molar-refractivity contribution in [3.8, 4) is 5.75 Å². The van der Waals surface area contributed by atoms with Crippen molar-refractivity contribution in [1.29, 1.82) is 0 Å². The third-order valence-electron chi connectivity index (χ3n) is 1.93. The lowest BCUT2D eigenvalue weighted by atomic mass is 10.3. The van der Waals surface area contributed by atoms with Gasteiger partial charge in [-0.2, -0.15) is 0 Å². The Hall–Kier alpha value is -1.75. The third-order valence-corrected chi connectivity index (χ3v) is 1.93. The van der Waals surface area contributed by atoms with Gasteiger partial charge in [-0.15, -0.1) is 0 Å². The minimum Gasteiger partial charge on any atom is -0.482 e. The van der Waals surface area contributed by atoms with Crippen molar-refractivity contribution in [3.63, 3.8) is 0 Å². The number of ether oxygens (including phenoxy) is 1. The van der Waals surface area contributed by atoms with E-state index in [9.17, 15) is 4.79 Å². The lowest BCUT2D eigenvalue weighted by Gasteiger charge is -2.08. The number of aliphatic hydroxyl groups is 1. The van der Waals surface area contributed by atoms with Gasteiger partial charge in [-0.3, -0.25) is 4.79 Å². The van der Waals surface area contributed by atoms with Crippen molar-refractivity contribution in [1.82, 2.24) is 5.32 Å². The number of carbonyl (C=O) groups excluding carboxylic acids is 1. The van der Waals surface area contributed by atoms with E-state index in [0.29, 0.717) is 24.4 Å². The normalized spacial score (nSPS) is 9.81. The molecule has 0 fully saturated rings. The molecule has 0 unspecified atom stereocenters. The smallest absolute Gasteiger partial charge is 0.257 e. The van der Waals surface area contributed by atoms with Gasteiger partial charge in [-0.1, -0.05) is 12.1 Å². The van der Waals surface area contributed by atoms with Gasteiger partial charge < -0.3 is 20.9 Å². The van der Waals surface area contributed by atoms with Gasteiger partial charge in [0.15, 0.2) is 6.61 Å². The molecule has 1 rings (SSSR count). The molecule has 1 aromatic rings. The molecule has 0 aromatic heterocycles. The van der Waals surface area contributed by atoms with E-state index in [4.69, 9.17) is 15.6 Å². The van der Waals surface area contributed by atoms with Crippen molar-refractivity contribution in [3.05, 3.63) is 24.3 Å². The van der Waals surface area contributed by atoms with Crippen LogP contribution in [-0.4, -0.2) is 30.8 Å². The monoisotopic (exact) mass is 224 g/mol. The van der Waals surface area contributed by atoms with Crippen molar-refractivity contribution in [2.24, 2.45) is 0 Å². The molecule has 1 aromatic carbocycles. The molecule has 1 amide bonds. The number of amides is 1. The summed E-state index contributed by atoms with van der Waals surface area (Å²) in [4.78, 5) is 11.2. The molecule has 16 heavy (non-hydrogen) atoms. The number of anilines is 1. The van der Waals surface area contributed by atoms with Gasteiger partial charge in [0.25, 0.3) is 5.91 Å². The van der Waals surface area contributed by atoms with Crippen LogP contribution < -0.4 is 15.8 Å². The van der Waals surface area contributed by atoms with Gasteiger partial charge >= 0.3 is 0 Å². The summed E-state index contributed by atoms with van der Waals surface area (Å²) in [5.74, 6) is 0.275. The van der Waals surface area contributed by atoms with Crippen LogP contribution in [0.25, 0.3) is 0 Å². The number of hydrogen-bond donors (Lipinski definition) is 3. The fourth-order valence-electron chi connectivity index (χ4n) is 1.11. The van der Waals surface area contributed by atoms with Gasteiger partial charge in [0.1, 0.15) is 5.75 Å². The topological polar surface area (TPSA) is 84.6 Å². The Morgan fingerprint density at radius 1 is 1.44 bits per heavy atom. The summed E-state index contributed by atoms with van der Waals surface area (Å²) in [6.07, 6.45) is 0.541. The van der Waals surface area contributed by atoms with E-state index in [-0.39, 0.29) is 19.1 Å². The summed E-state index contributed by atoms with van der Waals surface area (Å²) in [5.41, 5.74) is 6.14. The molecule has 0 bridgehead atoms. The molecule has 5 nitrogen and oxygen atoms in total. The Bertz CT molecular complexity index is 342. The molecule has 0 radical (unpaired) electrons. The molecular formula is C11H16N2O3. The van der Waals surface area contributed by atoms with Crippen LogP contribution in [0.15, 0.2) is 24.3 Å². The first-order valence-corrected chi connectivity index (χ1v) is 5.09. The van der Waals surface area contributed by atoms with Crippen molar-refractivity contribution in [2.75, 3.05) is 25.5 Å². The third kappa shape index (κ3) is 4.18. The van der Waals surface area contributed by atoms with E-state index in [1.165, 1.54) is 0 Å². The number of benzene rings is 1. The predicted octanol–water partition coefficient (Wildman–Crippen LogP) is 0.146. The van der Waals surface area contributed by atoms with Crippen molar-refractivity contribution >= 4 is 11.6 Å². The van der Waals surface area contributed by atoms with Gasteiger partial charge in [0.2, 0.25) is 0 Å². The van der Waals surface area contributed by atoms with Crippen LogP contribution in [0.2, 0.25) is 0 Å². The van der Waals surface area contributed by atoms with Gasteiger partial charge in [0, 0.05) is 13.2 Å². The van der Waals surface area contributed by atoms with Gasteiger partial charge in [0.05, 0.1) is 5.69 Å². The second kappa shape index (κ2) is 6.68. The zero-order valence-electron chi connectivity index (χ0n) is 8.98. The van der Waals surface area contributed by atoms with Crippen LogP contribution in [0.5, 0.6) is 5.75 Å². The van der Waals surface area contributed by atoms with E-state index in [1.54, 1.807) is 24.3 Å². The summed E-state index contributed by atoms with van der Waals surface area (Å²) in [6, 6.07) is 6.99. The maximum absolute atomic E-state index is 11.2. The van der Waals surface area contributed by atoms with Crippen LogP contribution in [0.1, 0.15) is 6.42 Å². The highest BCUT2D eigenvalue weighted by atomic mass is 16.5. The number of nitrogens with one attached hydrogen (secondary N) is 1. The average molecular weight is 224 g/mol. The molecule has 0 atom stereocenters.